The first-order valence-corrected chi connectivity index (χ1v) is 16.0. The molecule has 6 rings (SSSR count). The van der Waals surface area contributed by atoms with E-state index in [1.165, 1.54) is 12.1 Å². The number of aromatic nitrogens is 2. The summed E-state index contributed by atoms with van der Waals surface area (Å²) < 4.78 is 39.1. The molecule has 0 aliphatic heterocycles. The number of benzene rings is 2. The molecule has 0 aliphatic rings. The molecule has 2 N–H and O–H groups in total. The van der Waals surface area contributed by atoms with Gasteiger partial charge in [-0.3, -0.25) is 9.97 Å². The number of pyridine rings is 2. The summed E-state index contributed by atoms with van der Waals surface area (Å²) in [7, 11) is 3.79. The maximum absolute atomic E-state index is 13.3. The lowest BCUT2D eigenvalue weighted by Crippen LogP contribution is -2.15. The van der Waals surface area contributed by atoms with Crippen molar-refractivity contribution in [3.63, 3.8) is 0 Å². The summed E-state index contributed by atoms with van der Waals surface area (Å²) in [6.45, 7) is 1.60. The van der Waals surface area contributed by atoms with Gasteiger partial charge in [-0.15, -0.1) is 22.7 Å². The molecule has 0 saturated carbocycles. The maximum Gasteiger partial charge on any atom is 0.176 e. The summed E-state index contributed by atoms with van der Waals surface area (Å²) in [5.74, 6) is 1.56. The number of hydrogen-bond donors (Lipinski definition) is 2. The first-order valence-electron chi connectivity index (χ1n) is 14.3. The molecule has 0 saturated heterocycles. The van der Waals surface area contributed by atoms with Crippen molar-refractivity contribution in [1.29, 1.82) is 0 Å². The van der Waals surface area contributed by atoms with Crippen molar-refractivity contribution in [1.82, 2.24) is 20.6 Å². The highest BCUT2D eigenvalue weighted by molar-refractivity contribution is 7.10. The average molecular weight is 633 g/mol. The van der Waals surface area contributed by atoms with Gasteiger partial charge in [-0.25, -0.2) is 0 Å². The smallest absolute Gasteiger partial charge is 0.176 e. The van der Waals surface area contributed by atoms with Crippen molar-refractivity contribution in [2.45, 2.75) is 25.0 Å². The molecule has 228 valence electrons. The number of thiophene rings is 2. The van der Waals surface area contributed by atoms with E-state index in [1.54, 1.807) is 36.9 Å². The Bertz CT molecular complexity index is 1640. The highest BCUT2D eigenvalue weighted by atomic mass is 32.1. The minimum atomic E-state index is -0.187. The predicted molar refractivity (Wildman–Crippen MR) is 176 cm³/mol. The number of ether oxygens (including phenoxy) is 2. The molecule has 4 aromatic heterocycles. The topological polar surface area (TPSA) is 68.3 Å². The van der Waals surface area contributed by atoms with Gasteiger partial charge in [0.1, 0.15) is 23.7 Å². The van der Waals surface area contributed by atoms with Crippen molar-refractivity contribution in [2.24, 2.45) is 0 Å². The molecule has 0 amide bonds. The number of hydrogen-bond acceptors (Lipinski definition) is 8. The minimum absolute atomic E-state index is 0.173. The number of nitrogens with one attached hydrogen (secondary N) is 2. The molecule has 2 atom stereocenters. The van der Waals surface area contributed by atoms with Crippen LogP contribution >= 0.6 is 22.7 Å². The summed E-state index contributed by atoms with van der Waals surface area (Å²) in [6, 6.07) is 22.3. The molecule has 2 aromatic carbocycles. The molecule has 44 heavy (non-hydrogen) atoms. The van der Waals surface area contributed by atoms with Crippen LogP contribution in [0.25, 0.3) is 21.5 Å². The Hall–Kier alpha value is -3.96. The van der Waals surface area contributed by atoms with Crippen LogP contribution in [0.15, 0.2) is 97.6 Å². The van der Waals surface area contributed by atoms with Gasteiger partial charge in [0.15, 0.2) is 10.3 Å². The van der Waals surface area contributed by atoms with Gasteiger partial charge in [0.25, 0.3) is 0 Å². The molecular formula is C34H34F2N4O2S2. The Labute approximate surface area is 263 Å². The largest absolute Gasteiger partial charge is 0.484 e. The molecule has 0 spiro atoms. The quantitative estimate of drug-likeness (QED) is 0.141. The zero-order valence-electron chi connectivity index (χ0n) is 24.5. The highest BCUT2D eigenvalue weighted by Gasteiger charge is 2.18. The monoisotopic (exact) mass is 632 g/mol. The van der Waals surface area contributed by atoms with E-state index in [9.17, 15) is 8.78 Å². The Morgan fingerprint density at radius 2 is 1.09 bits per heavy atom. The third kappa shape index (κ3) is 8.15. The van der Waals surface area contributed by atoms with E-state index in [0.29, 0.717) is 0 Å². The van der Waals surface area contributed by atoms with Gasteiger partial charge in [0, 0.05) is 58.2 Å². The van der Waals surface area contributed by atoms with Crippen LogP contribution in [0.5, 0.6) is 11.5 Å². The second-order valence-electron chi connectivity index (χ2n) is 9.99. The van der Waals surface area contributed by atoms with Crippen molar-refractivity contribution in [3.05, 3.63) is 118 Å². The molecule has 0 radical (unpaired) electrons. The zero-order valence-corrected chi connectivity index (χ0v) is 26.1. The second-order valence-corrected chi connectivity index (χ2v) is 12.1. The van der Waals surface area contributed by atoms with E-state index in [2.05, 4.69) is 20.6 Å². The fourth-order valence-electron chi connectivity index (χ4n) is 4.75. The van der Waals surface area contributed by atoms with Crippen LogP contribution in [0.2, 0.25) is 0 Å². The van der Waals surface area contributed by atoms with Gasteiger partial charge in [-0.1, -0.05) is 24.3 Å². The van der Waals surface area contributed by atoms with Crippen LogP contribution in [-0.4, -0.2) is 37.2 Å². The molecule has 0 bridgehead atoms. The summed E-state index contributed by atoms with van der Waals surface area (Å²) >= 11 is 2.27. The van der Waals surface area contributed by atoms with E-state index < -0.39 is 0 Å². The maximum atomic E-state index is 13.3. The third-order valence-corrected chi connectivity index (χ3v) is 8.89. The standard InChI is InChI=1S/2C17H17FN2OS/c2*1-19-9-8-15(16-5-6-17(18)22-16)21-14-4-2-3-12-7-10-20-11-13(12)14/h2*2-7,10-11,15,19H,8-9H2,1H3/t2*15-/m10/s1. The summed E-state index contributed by atoms with van der Waals surface area (Å²) in [6.07, 6.45) is 8.32. The molecule has 6 aromatic rings. The number of nitrogens with zero attached hydrogens (tertiary/aromatic N) is 2. The van der Waals surface area contributed by atoms with E-state index in [-0.39, 0.29) is 22.5 Å². The fourth-order valence-corrected chi connectivity index (χ4v) is 6.34. The van der Waals surface area contributed by atoms with E-state index in [4.69, 9.17) is 9.47 Å². The highest BCUT2D eigenvalue weighted by Crippen LogP contribution is 2.34. The van der Waals surface area contributed by atoms with Gasteiger partial charge in [-0.2, -0.15) is 8.78 Å². The molecule has 0 unspecified atom stereocenters. The van der Waals surface area contributed by atoms with E-state index in [1.807, 2.05) is 62.6 Å². The molecular weight excluding hydrogens is 599 g/mol. The molecule has 6 nitrogen and oxygen atoms in total. The van der Waals surface area contributed by atoms with Crippen molar-refractivity contribution in [3.8, 4) is 11.5 Å². The van der Waals surface area contributed by atoms with Crippen molar-refractivity contribution < 1.29 is 18.3 Å². The Morgan fingerprint density at radius 3 is 1.48 bits per heavy atom. The predicted octanol–water partition coefficient (Wildman–Crippen LogP) is 8.33. The molecule has 10 heteroatoms. The summed E-state index contributed by atoms with van der Waals surface area (Å²) in [4.78, 5) is 10.1. The lowest BCUT2D eigenvalue weighted by Gasteiger charge is -2.19. The number of rotatable bonds is 12. The van der Waals surface area contributed by atoms with Gasteiger partial charge in [-0.05, 0) is 86.5 Å². The van der Waals surface area contributed by atoms with Gasteiger partial charge >= 0.3 is 0 Å². The first kappa shape index (κ1) is 31.5. The lowest BCUT2D eigenvalue weighted by atomic mass is 10.1. The third-order valence-electron chi connectivity index (χ3n) is 6.96. The van der Waals surface area contributed by atoms with Crippen LogP contribution in [0.4, 0.5) is 8.78 Å². The summed E-state index contributed by atoms with van der Waals surface area (Å²) in [5, 5.41) is 9.96. The normalized spacial score (nSPS) is 12.5. The fraction of sp³-hybridized carbons (Fsp3) is 0.235. The number of fused-ring (bicyclic) bond motifs is 2. The van der Waals surface area contributed by atoms with Crippen LogP contribution in [0, 0.1) is 10.3 Å². The molecule has 0 aliphatic carbocycles. The van der Waals surface area contributed by atoms with E-state index >= 15 is 0 Å². The van der Waals surface area contributed by atoms with Crippen molar-refractivity contribution in [2.75, 3.05) is 27.2 Å². The Kier molecular flexibility index (Phi) is 11.2. The van der Waals surface area contributed by atoms with Crippen molar-refractivity contribution >= 4 is 44.2 Å². The van der Waals surface area contributed by atoms with Crippen LogP contribution < -0.4 is 20.1 Å². The zero-order chi connectivity index (χ0) is 30.7. The molecule has 0 fully saturated rings. The first-order chi connectivity index (χ1) is 21.6. The van der Waals surface area contributed by atoms with Crippen LogP contribution in [0.1, 0.15) is 34.8 Å². The minimum Gasteiger partial charge on any atom is -0.484 e. The van der Waals surface area contributed by atoms with Gasteiger partial charge in [0.2, 0.25) is 0 Å². The summed E-state index contributed by atoms with van der Waals surface area (Å²) in [5.41, 5.74) is 0. The van der Waals surface area contributed by atoms with Crippen LogP contribution in [0.3, 0.4) is 0 Å². The molecule has 4 heterocycles. The SMILES string of the molecule is CNCC[C@@H](Oc1cccc2ccncc12)c1ccc(F)s1.CNCC[C@H](Oc1cccc2ccncc12)c1ccc(F)s1. The Morgan fingerprint density at radius 1 is 0.636 bits per heavy atom. The lowest BCUT2D eigenvalue weighted by molar-refractivity contribution is 0.201. The van der Waals surface area contributed by atoms with Crippen LogP contribution in [-0.2, 0) is 0 Å². The number of halogens is 2. The van der Waals surface area contributed by atoms with Gasteiger partial charge < -0.3 is 20.1 Å². The average Bonchev–Trinajstić information content (AvgIpc) is 3.69. The Balaban J connectivity index is 0.000000175. The van der Waals surface area contributed by atoms with E-state index in [0.717, 1.165) is 91.4 Å². The van der Waals surface area contributed by atoms with Gasteiger partial charge in [0.05, 0.1) is 0 Å². The second kappa shape index (κ2) is 15.7.